The SMILES string of the molecule is Oc1ccccc1-c1ccc2c(n1)-c1[c-]c(-c3ccccn3)ccc1-c1ccccc1-c1ccccc1-2.[Pt]. The first kappa shape index (κ1) is 24.0. The van der Waals surface area contributed by atoms with Gasteiger partial charge in [0.15, 0.2) is 0 Å². The Morgan fingerprint density at radius 1 is 0.500 bits per heavy atom. The zero-order valence-electron chi connectivity index (χ0n) is 20.2. The Morgan fingerprint density at radius 2 is 1.08 bits per heavy atom. The second-order valence-corrected chi connectivity index (χ2v) is 9.08. The van der Waals surface area contributed by atoms with Gasteiger partial charge < -0.3 is 5.11 Å². The summed E-state index contributed by atoms with van der Waals surface area (Å²) in [5, 5.41) is 10.6. The zero-order valence-corrected chi connectivity index (χ0v) is 22.5. The Hall–Kier alpha value is -4.33. The van der Waals surface area contributed by atoms with E-state index in [1.165, 1.54) is 5.56 Å². The molecule has 0 atom stereocenters. The van der Waals surface area contributed by atoms with E-state index in [0.29, 0.717) is 11.3 Å². The van der Waals surface area contributed by atoms with Crippen LogP contribution in [0.3, 0.4) is 0 Å². The van der Waals surface area contributed by atoms with E-state index in [-0.39, 0.29) is 26.8 Å². The summed E-state index contributed by atoms with van der Waals surface area (Å²) < 4.78 is 0. The van der Waals surface area contributed by atoms with E-state index in [2.05, 4.69) is 77.8 Å². The van der Waals surface area contributed by atoms with Gasteiger partial charge in [0.1, 0.15) is 5.75 Å². The van der Waals surface area contributed by atoms with Gasteiger partial charge in [-0.3, -0.25) is 9.97 Å². The molecule has 1 N–H and O–H groups in total. The van der Waals surface area contributed by atoms with Crippen molar-refractivity contribution in [1.29, 1.82) is 0 Å². The van der Waals surface area contributed by atoms with Crippen LogP contribution in [0.4, 0.5) is 0 Å². The molecule has 0 bridgehead atoms. The van der Waals surface area contributed by atoms with Crippen LogP contribution in [-0.2, 0) is 21.1 Å². The molecule has 184 valence electrons. The first-order valence-electron chi connectivity index (χ1n) is 12.2. The third-order valence-corrected chi connectivity index (χ3v) is 6.92. The molecule has 0 radical (unpaired) electrons. The van der Waals surface area contributed by atoms with E-state index < -0.39 is 0 Å². The molecule has 6 aromatic rings. The predicted octanol–water partition coefficient (Wildman–Crippen LogP) is 8.30. The number of para-hydroxylation sites is 1. The van der Waals surface area contributed by atoms with Crippen molar-refractivity contribution in [2.24, 2.45) is 0 Å². The third-order valence-electron chi connectivity index (χ3n) is 6.92. The second kappa shape index (κ2) is 9.85. The first-order chi connectivity index (χ1) is 18.3. The topological polar surface area (TPSA) is 46.0 Å². The van der Waals surface area contributed by atoms with Crippen LogP contribution in [0.5, 0.6) is 5.75 Å². The minimum Gasteiger partial charge on any atom is -0.507 e. The van der Waals surface area contributed by atoms with E-state index in [9.17, 15) is 5.11 Å². The molecule has 0 saturated carbocycles. The quantitative estimate of drug-likeness (QED) is 0.189. The van der Waals surface area contributed by atoms with E-state index in [1.807, 2.05) is 42.5 Å². The first-order valence-corrected chi connectivity index (χ1v) is 12.2. The fourth-order valence-electron chi connectivity index (χ4n) is 5.19. The Labute approximate surface area is 235 Å². The molecular weight excluding hydrogens is 647 g/mol. The number of nitrogens with zero attached hydrogens (tertiary/aromatic N) is 2. The van der Waals surface area contributed by atoms with Crippen molar-refractivity contribution in [3.63, 3.8) is 0 Å². The molecule has 0 aliphatic heterocycles. The van der Waals surface area contributed by atoms with E-state index in [4.69, 9.17) is 4.98 Å². The Bertz CT molecular complexity index is 1800. The Balaban J connectivity index is 0.00000264. The molecule has 38 heavy (non-hydrogen) atoms. The molecule has 7 rings (SSSR count). The van der Waals surface area contributed by atoms with E-state index in [1.54, 1.807) is 12.3 Å². The van der Waals surface area contributed by atoms with Crippen LogP contribution < -0.4 is 0 Å². The van der Waals surface area contributed by atoms with E-state index in [0.717, 1.165) is 50.3 Å². The molecule has 0 unspecified atom stereocenters. The number of phenolic OH excluding ortho intramolecular Hbond substituents is 1. The maximum absolute atomic E-state index is 10.6. The van der Waals surface area contributed by atoms with Crippen LogP contribution in [0.2, 0.25) is 0 Å². The molecular formula is C34H21N2OPt-. The van der Waals surface area contributed by atoms with Crippen LogP contribution >= 0.6 is 0 Å². The van der Waals surface area contributed by atoms with Gasteiger partial charge in [-0.05, 0) is 52.1 Å². The molecule has 1 aliphatic rings. The fraction of sp³-hybridized carbons (Fsp3) is 0. The van der Waals surface area contributed by atoms with Crippen LogP contribution in [0.15, 0.2) is 121 Å². The van der Waals surface area contributed by atoms with Crippen LogP contribution in [0.25, 0.3) is 67.2 Å². The smallest absolute Gasteiger partial charge is 0.124 e. The average Bonchev–Trinajstić information content (AvgIpc) is 2.97. The van der Waals surface area contributed by atoms with Gasteiger partial charge in [0.2, 0.25) is 0 Å². The van der Waals surface area contributed by atoms with Gasteiger partial charge in [0.25, 0.3) is 0 Å². The summed E-state index contributed by atoms with van der Waals surface area (Å²) in [5.41, 5.74) is 11.6. The number of hydrogen-bond acceptors (Lipinski definition) is 3. The predicted molar refractivity (Wildman–Crippen MR) is 149 cm³/mol. The van der Waals surface area contributed by atoms with Gasteiger partial charge in [-0.1, -0.05) is 95.6 Å². The standard InChI is InChI=1S/C34H21N2O.Pt/c37-33-15-6-5-13-29(33)32-19-18-28-26-12-4-3-10-24(26)23-9-1-2-11-25(23)27-17-16-22(21-30(27)34(28)36-32)31-14-7-8-20-35-31;/h1-20,37H;/q-1;. The number of phenols is 1. The molecule has 3 nitrogen and oxygen atoms in total. The van der Waals surface area contributed by atoms with Gasteiger partial charge >= 0.3 is 0 Å². The molecule has 2 heterocycles. The molecule has 0 amide bonds. The van der Waals surface area contributed by atoms with Crippen molar-refractivity contribution in [2.75, 3.05) is 0 Å². The molecule has 1 aliphatic carbocycles. The molecule has 0 saturated heterocycles. The van der Waals surface area contributed by atoms with Crippen molar-refractivity contribution < 1.29 is 26.2 Å². The van der Waals surface area contributed by atoms with Gasteiger partial charge in [-0.15, -0.1) is 18.2 Å². The largest absolute Gasteiger partial charge is 0.507 e. The summed E-state index contributed by atoms with van der Waals surface area (Å²) >= 11 is 0. The molecule has 4 heteroatoms. The third kappa shape index (κ3) is 3.97. The average molecular weight is 669 g/mol. The summed E-state index contributed by atoms with van der Waals surface area (Å²) in [4.78, 5) is 9.75. The van der Waals surface area contributed by atoms with Crippen LogP contribution in [0.1, 0.15) is 0 Å². The fourth-order valence-corrected chi connectivity index (χ4v) is 5.19. The number of benzene rings is 4. The van der Waals surface area contributed by atoms with Crippen molar-refractivity contribution >= 4 is 0 Å². The molecule has 2 aromatic heterocycles. The van der Waals surface area contributed by atoms with Crippen molar-refractivity contribution in [1.82, 2.24) is 9.97 Å². The Kier molecular flexibility index (Phi) is 6.23. The monoisotopic (exact) mass is 668 g/mol. The summed E-state index contributed by atoms with van der Waals surface area (Å²) in [6, 6.07) is 42.2. The van der Waals surface area contributed by atoms with Crippen LogP contribution in [0, 0.1) is 6.07 Å². The van der Waals surface area contributed by atoms with Gasteiger partial charge in [-0.25, -0.2) is 0 Å². The summed E-state index contributed by atoms with van der Waals surface area (Å²) in [6.45, 7) is 0. The number of fused-ring (bicyclic) bond motifs is 8. The van der Waals surface area contributed by atoms with Crippen LogP contribution in [-0.4, -0.2) is 15.1 Å². The maximum Gasteiger partial charge on any atom is 0.124 e. The number of pyridine rings is 2. The van der Waals surface area contributed by atoms with Crippen molar-refractivity contribution in [2.45, 2.75) is 0 Å². The minimum atomic E-state index is 0. The summed E-state index contributed by atoms with van der Waals surface area (Å²) in [5.74, 6) is 0.206. The summed E-state index contributed by atoms with van der Waals surface area (Å²) in [7, 11) is 0. The van der Waals surface area contributed by atoms with Gasteiger partial charge in [0.05, 0.1) is 5.69 Å². The number of aromatic nitrogens is 2. The normalized spacial score (nSPS) is 11.1. The Morgan fingerprint density at radius 3 is 1.74 bits per heavy atom. The minimum absolute atomic E-state index is 0. The van der Waals surface area contributed by atoms with Crippen molar-refractivity contribution in [3.8, 4) is 72.9 Å². The number of rotatable bonds is 2. The molecule has 4 aromatic carbocycles. The summed E-state index contributed by atoms with van der Waals surface area (Å²) in [6.07, 6.45) is 1.80. The van der Waals surface area contributed by atoms with Gasteiger partial charge in [0, 0.05) is 44.2 Å². The zero-order chi connectivity index (χ0) is 24.8. The van der Waals surface area contributed by atoms with Gasteiger partial charge in [-0.2, -0.15) is 0 Å². The molecule has 0 spiro atoms. The second-order valence-electron chi connectivity index (χ2n) is 9.08. The molecule has 0 fully saturated rings. The number of aromatic hydroxyl groups is 1. The van der Waals surface area contributed by atoms with E-state index >= 15 is 0 Å². The number of hydrogen-bond donors (Lipinski definition) is 1. The van der Waals surface area contributed by atoms with Crippen molar-refractivity contribution in [3.05, 3.63) is 128 Å². The maximum atomic E-state index is 10.6.